The molecule has 1 aliphatic rings. The Kier molecular flexibility index (Phi) is 4.53. The summed E-state index contributed by atoms with van der Waals surface area (Å²) >= 11 is 0. The maximum atomic E-state index is 12.9. The maximum absolute atomic E-state index is 12.9. The van der Waals surface area contributed by atoms with Gasteiger partial charge in [0.15, 0.2) is 0 Å². The number of carbonyl (C=O) groups is 3. The fourth-order valence-corrected chi connectivity index (χ4v) is 3.42. The molecule has 6 nitrogen and oxygen atoms in total. The summed E-state index contributed by atoms with van der Waals surface area (Å²) < 4.78 is 0. The molecule has 0 aromatic heterocycles. The van der Waals surface area contributed by atoms with Crippen LogP contribution in [0.3, 0.4) is 0 Å². The Morgan fingerprint density at radius 1 is 0.929 bits per heavy atom. The zero-order valence-electron chi connectivity index (χ0n) is 15.3. The highest BCUT2D eigenvalue weighted by Crippen LogP contribution is 2.28. The summed E-state index contributed by atoms with van der Waals surface area (Å²) in [6.07, 6.45) is 0.0794. The molecule has 28 heavy (non-hydrogen) atoms. The number of benzene rings is 3. The SMILES string of the molecule is CC(=O)Nc1cccc(N[C@H]2CC(=O)N(c3ccc4ccccc4c3)C2=O)c1. The minimum Gasteiger partial charge on any atom is -0.373 e. The molecule has 1 atom stereocenters. The molecule has 1 heterocycles. The van der Waals surface area contributed by atoms with E-state index in [1.54, 1.807) is 30.3 Å². The van der Waals surface area contributed by atoms with E-state index in [0.29, 0.717) is 17.1 Å². The summed E-state index contributed by atoms with van der Waals surface area (Å²) in [6.45, 7) is 1.43. The van der Waals surface area contributed by atoms with E-state index in [1.807, 2.05) is 36.4 Å². The summed E-state index contributed by atoms with van der Waals surface area (Å²) in [5.74, 6) is -0.701. The Bertz CT molecular complexity index is 1090. The van der Waals surface area contributed by atoms with Crippen LogP contribution in [0.5, 0.6) is 0 Å². The van der Waals surface area contributed by atoms with Crippen molar-refractivity contribution in [2.75, 3.05) is 15.5 Å². The number of rotatable bonds is 4. The molecule has 0 unspecified atom stereocenters. The second-order valence-electron chi connectivity index (χ2n) is 6.76. The molecule has 0 bridgehead atoms. The molecular weight excluding hydrogens is 354 g/mol. The van der Waals surface area contributed by atoms with Crippen molar-refractivity contribution < 1.29 is 14.4 Å². The molecule has 3 aromatic carbocycles. The molecular formula is C22H19N3O3. The third kappa shape index (κ3) is 3.44. The summed E-state index contributed by atoms with van der Waals surface area (Å²) in [7, 11) is 0. The highest BCUT2D eigenvalue weighted by Gasteiger charge is 2.39. The van der Waals surface area contributed by atoms with Crippen LogP contribution < -0.4 is 15.5 Å². The van der Waals surface area contributed by atoms with Crippen molar-refractivity contribution >= 4 is 45.6 Å². The van der Waals surface area contributed by atoms with Crippen molar-refractivity contribution in [3.8, 4) is 0 Å². The number of nitrogens with zero attached hydrogens (tertiary/aromatic N) is 1. The standard InChI is InChI=1S/C22H19N3O3/c1-14(26)23-17-7-4-8-18(12-17)24-20-13-21(27)25(22(20)28)19-10-9-15-5-2-3-6-16(15)11-19/h2-12,20,24H,13H2,1H3,(H,23,26)/t20-/m0/s1. The highest BCUT2D eigenvalue weighted by molar-refractivity contribution is 6.23. The quantitative estimate of drug-likeness (QED) is 0.686. The Hall–Kier alpha value is -3.67. The number of amides is 3. The first kappa shape index (κ1) is 17.7. The fraction of sp³-hybridized carbons (Fsp3) is 0.136. The van der Waals surface area contributed by atoms with E-state index in [1.165, 1.54) is 11.8 Å². The number of hydrogen-bond donors (Lipinski definition) is 2. The van der Waals surface area contributed by atoms with Gasteiger partial charge in [-0.2, -0.15) is 0 Å². The molecule has 1 saturated heterocycles. The van der Waals surface area contributed by atoms with Crippen molar-refractivity contribution in [2.24, 2.45) is 0 Å². The lowest BCUT2D eigenvalue weighted by Crippen LogP contribution is -2.34. The lowest BCUT2D eigenvalue weighted by Gasteiger charge is -2.17. The van der Waals surface area contributed by atoms with Gasteiger partial charge in [-0.15, -0.1) is 0 Å². The van der Waals surface area contributed by atoms with Crippen LogP contribution in [0.4, 0.5) is 17.1 Å². The van der Waals surface area contributed by atoms with Gasteiger partial charge >= 0.3 is 0 Å². The normalized spacial score (nSPS) is 16.5. The second-order valence-corrected chi connectivity index (χ2v) is 6.76. The lowest BCUT2D eigenvalue weighted by molar-refractivity contribution is -0.121. The van der Waals surface area contributed by atoms with Crippen LogP contribution >= 0.6 is 0 Å². The summed E-state index contributed by atoms with van der Waals surface area (Å²) in [5, 5.41) is 7.83. The van der Waals surface area contributed by atoms with Crippen LogP contribution in [-0.4, -0.2) is 23.8 Å². The zero-order valence-corrected chi connectivity index (χ0v) is 15.3. The van der Waals surface area contributed by atoms with Gasteiger partial charge in [0.1, 0.15) is 6.04 Å². The average molecular weight is 373 g/mol. The van der Waals surface area contributed by atoms with Crippen molar-refractivity contribution in [2.45, 2.75) is 19.4 Å². The van der Waals surface area contributed by atoms with Crippen molar-refractivity contribution in [1.82, 2.24) is 0 Å². The first-order valence-electron chi connectivity index (χ1n) is 9.01. The summed E-state index contributed by atoms with van der Waals surface area (Å²) in [5.41, 5.74) is 1.86. The minimum absolute atomic E-state index is 0.0794. The number of nitrogens with one attached hydrogen (secondary N) is 2. The van der Waals surface area contributed by atoms with Crippen LogP contribution in [0.1, 0.15) is 13.3 Å². The van der Waals surface area contributed by atoms with Gasteiger partial charge in [0.05, 0.1) is 12.1 Å². The molecule has 6 heteroatoms. The molecule has 0 radical (unpaired) electrons. The molecule has 1 fully saturated rings. The van der Waals surface area contributed by atoms with Gasteiger partial charge in [0.25, 0.3) is 5.91 Å². The molecule has 2 N–H and O–H groups in total. The number of anilines is 3. The monoisotopic (exact) mass is 373 g/mol. The number of hydrogen-bond acceptors (Lipinski definition) is 4. The van der Waals surface area contributed by atoms with E-state index in [2.05, 4.69) is 10.6 Å². The Balaban J connectivity index is 1.56. The summed E-state index contributed by atoms with van der Waals surface area (Å²) in [6, 6.07) is 19.8. The van der Waals surface area contributed by atoms with E-state index in [4.69, 9.17) is 0 Å². The van der Waals surface area contributed by atoms with Gasteiger partial charge < -0.3 is 10.6 Å². The van der Waals surface area contributed by atoms with Gasteiger partial charge in [-0.3, -0.25) is 14.4 Å². The Morgan fingerprint density at radius 3 is 2.46 bits per heavy atom. The highest BCUT2D eigenvalue weighted by atomic mass is 16.2. The second kappa shape index (κ2) is 7.15. The van der Waals surface area contributed by atoms with E-state index in [-0.39, 0.29) is 24.1 Å². The smallest absolute Gasteiger partial charge is 0.256 e. The van der Waals surface area contributed by atoms with Crippen molar-refractivity contribution in [3.63, 3.8) is 0 Å². The third-order valence-electron chi connectivity index (χ3n) is 4.66. The predicted molar refractivity (Wildman–Crippen MR) is 109 cm³/mol. The molecule has 4 rings (SSSR count). The third-order valence-corrected chi connectivity index (χ3v) is 4.66. The van der Waals surface area contributed by atoms with Gasteiger partial charge in [-0.05, 0) is 41.1 Å². The van der Waals surface area contributed by atoms with Crippen LogP contribution in [0.2, 0.25) is 0 Å². The van der Waals surface area contributed by atoms with Crippen molar-refractivity contribution in [3.05, 3.63) is 66.7 Å². The average Bonchev–Trinajstić information content (AvgIpc) is 2.94. The number of imide groups is 1. The van der Waals surface area contributed by atoms with Crippen LogP contribution in [0, 0.1) is 0 Å². The van der Waals surface area contributed by atoms with E-state index < -0.39 is 6.04 Å². The largest absolute Gasteiger partial charge is 0.373 e. The van der Waals surface area contributed by atoms with Crippen LogP contribution in [-0.2, 0) is 14.4 Å². The van der Waals surface area contributed by atoms with Crippen molar-refractivity contribution in [1.29, 1.82) is 0 Å². The molecule has 0 aliphatic carbocycles. The van der Waals surface area contributed by atoms with Gasteiger partial charge in [-0.25, -0.2) is 4.90 Å². The van der Waals surface area contributed by atoms with Crippen LogP contribution in [0.15, 0.2) is 66.7 Å². The zero-order chi connectivity index (χ0) is 19.7. The number of carbonyl (C=O) groups excluding carboxylic acids is 3. The molecule has 3 aromatic rings. The first-order valence-corrected chi connectivity index (χ1v) is 9.01. The molecule has 1 aliphatic heterocycles. The fourth-order valence-electron chi connectivity index (χ4n) is 3.42. The lowest BCUT2D eigenvalue weighted by atomic mass is 10.1. The van der Waals surface area contributed by atoms with E-state index in [0.717, 1.165) is 10.8 Å². The summed E-state index contributed by atoms with van der Waals surface area (Å²) in [4.78, 5) is 37.9. The van der Waals surface area contributed by atoms with Gasteiger partial charge in [-0.1, -0.05) is 36.4 Å². The molecule has 0 spiro atoms. The maximum Gasteiger partial charge on any atom is 0.256 e. The van der Waals surface area contributed by atoms with E-state index >= 15 is 0 Å². The van der Waals surface area contributed by atoms with Gasteiger partial charge in [0.2, 0.25) is 11.8 Å². The number of fused-ring (bicyclic) bond motifs is 1. The topological polar surface area (TPSA) is 78.5 Å². The Morgan fingerprint density at radius 2 is 1.68 bits per heavy atom. The van der Waals surface area contributed by atoms with E-state index in [9.17, 15) is 14.4 Å². The molecule has 3 amide bonds. The Labute approximate surface area is 162 Å². The minimum atomic E-state index is -0.647. The van der Waals surface area contributed by atoms with Gasteiger partial charge in [0, 0.05) is 18.3 Å². The molecule has 140 valence electrons. The molecule has 0 saturated carbocycles. The predicted octanol–water partition coefficient (Wildman–Crippen LogP) is 3.54. The van der Waals surface area contributed by atoms with Crippen LogP contribution in [0.25, 0.3) is 10.8 Å². The first-order chi connectivity index (χ1) is 13.5.